The largest absolute Gasteiger partial charge is 0.367 e. The van der Waals surface area contributed by atoms with E-state index in [-0.39, 0.29) is 16.6 Å². The lowest BCUT2D eigenvalue weighted by Gasteiger charge is -2.36. The molecule has 7 nitrogen and oxygen atoms in total. The smallest absolute Gasteiger partial charge is 0.240 e. The van der Waals surface area contributed by atoms with Crippen LogP contribution in [0.1, 0.15) is 25.3 Å². The molecule has 0 aromatic heterocycles. The van der Waals surface area contributed by atoms with E-state index in [4.69, 9.17) is 0 Å². The molecule has 1 amide bonds. The van der Waals surface area contributed by atoms with Gasteiger partial charge < -0.3 is 10.2 Å². The van der Waals surface area contributed by atoms with E-state index in [0.29, 0.717) is 36.3 Å². The van der Waals surface area contributed by atoms with Gasteiger partial charge in [-0.2, -0.15) is 0 Å². The highest BCUT2D eigenvalue weighted by Gasteiger charge is 2.20. The van der Waals surface area contributed by atoms with Crippen LogP contribution in [0.4, 0.5) is 15.8 Å². The average Bonchev–Trinajstić information content (AvgIpc) is 2.77. The van der Waals surface area contributed by atoms with Gasteiger partial charge in [0.1, 0.15) is 5.82 Å². The lowest BCUT2D eigenvalue weighted by Crippen LogP contribution is -2.47. The van der Waals surface area contributed by atoms with E-state index < -0.39 is 10.0 Å². The number of rotatable bonds is 9. The van der Waals surface area contributed by atoms with Crippen molar-refractivity contribution in [3.05, 3.63) is 53.8 Å². The van der Waals surface area contributed by atoms with Crippen molar-refractivity contribution in [2.24, 2.45) is 0 Å². The van der Waals surface area contributed by atoms with Gasteiger partial charge in [-0.05, 0) is 55.8 Å². The Morgan fingerprint density at radius 1 is 1.09 bits per heavy atom. The minimum atomic E-state index is -3.63. The maximum absolute atomic E-state index is 14.0. The first-order valence-corrected chi connectivity index (χ1v) is 12.4. The van der Waals surface area contributed by atoms with Crippen molar-refractivity contribution in [1.82, 2.24) is 9.62 Å². The zero-order chi connectivity index (χ0) is 23.1. The summed E-state index contributed by atoms with van der Waals surface area (Å²) in [6.07, 6.45) is 1.04. The van der Waals surface area contributed by atoms with E-state index in [0.717, 1.165) is 32.7 Å². The zero-order valence-corrected chi connectivity index (χ0v) is 19.4. The predicted molar refractivity (Wildman–Crippen MR) is 125 cm³/mol. The summed E-state index contributed by atoms with van der Waals surface area (Å²) in [5, 5.41) is 2.73. The fraction of sp³-hybridized carbons (Fsp3) is 0.435. The Labute approximate surface area is 189 Å². The van der Waals surface area contributed by atoms with Gasteiger partial charge in [0.15, 0.2) is 0 Å². The van der Waals surface area contributed by atoms with Gasteiger partial charge >= 0.3 is 0 Å². The third-order valence-corrected chi connectivity index (χ3v) is 7.20. The molecule has 0 saturated carbocycles. The molecule has 1 saturated heterocycles. The number of benzene rings is 2. The third kappa shape index (κ3) is 6.27. The Hall–Kier alpha value is -2.49. The summed E-state index contributed by atoms with van der Waals surface area (Å²) in [6, 6.07) is 11.6. The van der Waals surface area contributed by atoms with Crippen molar-refractivity contribution in [3.63, 3.8) is 0 Å². The quantitative estimate of drug-likeness (QED) is 0.560. The van der Waals surface area contributed by atoms with E-state index in [9.17, 15) is 17.6 Å². The molecule has 1 fully saturated rings. The molecule has 174 valence electrons. The van der Waals surface area contributed by atoms with Crippen molar-refractivity contribution >= 4 is 27.3 Å². The van der Waals surface area contributed by atoms with Crippen LogP contribution in [0.2, 0.25) is 0 Å². The molecule has 1 heterocycles. The number of carbonyl (C=O) groups excluding carboxylic acids is 1. The van der Waals surface area contributed by atoms with Gasteiger partial charge in [0, 0.05) is 44.8 Å². The number of sulfonamides is 1. The molecule has 1 aliphatic rings. The maximum atomic E-state index is 14.0. The minimum absolute atomic E-state index is 0.118. The Morgan fingerprint density at radius 3 is 2.47 bits per heavy atom. The van der Waals surface area contributed by atoms with Crippen LogP contribution in [-0.2, 0) is 14.8 Å². The van der Waals surface area contributed by atoms with Crippen LogP contribution in [0, 0.1) is 12.7 Å². The van der Waals surface area contributed by atoms with Gasteiger partial charge in [-0.25, -0.2) is 17.5 Å². The SMILES string of the molecule is CCC(=O)Nc1ccc(S(=O)(=O)NCCCN2CCN(c3ccccc3F)CC2)c(C)c1. The lowest BCUT2D eigenvalue weighted by atomic mass is 10.2. The molecule has 3 rings (SSSR count). The number of hydrogen-bond donors (Lipinski definition) is 2. The van der Waals surface area contributed by atoms with E-state index in [1.807, 2.05) is 11.0 Å². The third-order valence-electron chi connectivity index (χ3n) is 5.58. The molecule has 2 aromatic rings. The highest BCUT2D eigenvalue weighted by atomic mass is 32.2. The molecule has 0 unspecified atom stereocenters. The first-order valence-electron chi connectivity index (χ1n) is 10.9. The number of amides is 1. The number of hydrogen-bond acceptors (Lipinski definition) is 5. The second-order valence-corrected chi connectivity index (χ2v) is 9.65. The van der Waals surface area contributed by atoms with Gasteiger partial charge in [0.05, 0.1) is 10.6 Å². The first-order chi connectivity index (χ1) is 15.3. The Morgan fingerprint density at radius 2 is 1.81 bits per heavy atom. The molecule has 0 spiro atoms. The lowest BCUT2D eigenvalue weighted by molar-refractivity contribution is -0.115. The van der Waals surface area contributed by atoms with E-state index in [1.54, 1.807) is 38.1 Å². The van der Waals surface area contributed by atoms with E-state index in [2.05, 4.69) is 14.9 Å². The van der Waals surface area contributed by atoms with E-state index in [1.165, 1.54) is 12.1 Å². The second kappa shape index (κ2) is 10.9. The normalized spacial score (nSPS) is 15.0. The predicted octanol–water partition coefficient (Wildman–Crippen LogP) is 2.97. The summed E-state index contributed by atoms with van der Waals surface area (Å²) in [7, 11) is -3.63. The van der Waals surface area contributed by atoms with Crippen LogP contribution < -0.4 is 14.9 Å². The topological polar surface area (TPSA) is 81.7 Å². The highest BCUT2D eigenvalue weighted by Crippen LogP contribution is 2.21. The van der Waals surface area contributed by atoms with Gasteiger partial charge in [-0.1, -0.05) is 19.1 Å². The van der Waals surface area contributed by atoms with Crippen LogP contribution >= 0.6 is 0 Å². The molecule has 9 heteroatoms. The van der Waals surface area contributed by atoms with Crippen molar-refractivity contribution in [3.8, 4) is 0 Å². The number of nitrogens with one attached hydrogen (secondary N) is 2. The van der Waals surface area contributed by atoms with Gasteiger partial charge in [0.25, 0.3) is 0 Å². The molecule has 1 aliphatic heterocycles. The molecule has 0 atom stereocenters. The second-order valence-electron chi connectivity index (χ2n) is 7.91. The molecule has 2 aromatic carbocycles. The first kappa shape index (κ1) is 24.2. The molecule has 2 N–H and O–H groups in total. The standard InChI is InChI=1S/C23H31FN4O3S/c1-3-23(29)26-19-9-10-22(18(2)17-19)32(30,31)25-11-6-12-27-13-15-28(16-14-27)21-8-5-4-7-20(21)24/h4-5,7-10,17,25H,3,6,11-16H2,1-2H3,(H,26,29). The summed E-state index contributed by atoms with van der Waals surface area (Å²) in [5.41, 5.74) is 1.80. The zero-order valence-electron chi connectivity index (χ0n) is 18.6. The molecular formula is C23H31FN4O3S. The van der Waals surface area contributed by atoms with Crippen molar-refractivity contribution in [1.29, 1.82) is 0 Å². The van der Waals surface area contributed by atoms with E-state index >= 15 is 0 Å². The van der Waals surface area contributed by atoms with Gasteiger partial charge in [-0.3, -0.25) is 9.69 Å². The highest BCUT2D eigenvalue weighted by molar-refractivity contribution is 7.89. The monoisotopic (exact) mass is 462 g/mol. The summed E-state index contributed by atoms with van der Waals surface area (Å²) < 4.78 is 42.0. The fourth-order valence-corrected chi connectivity index (χ4v) is 5.08. The van der Waals surface area contributed by atoms with Gasteiger partial charge in [0.2, 0.25) is 15.9 Å². The van der Waals surface area contributed by atoms with Crippen LogP contribution in [0.25, 0.3) is 0 Å². The number of halogens is 1. The summed E-state index contributed by atoms with van der Waals surface area (Å²) in [6.45, 7) is 7.69. The molecule has 0 bridgehead atoms. The molecule has 32 heavy (non-hydrogen) atoms. The fourth-order valence-electron chi connectivity index (χ4n) is 3.79. The van der Waals surface area contributed by atoms with Crippen molar-refractivity contribution in [2.45, 2.75) is 31.6 Å². The number of nitrogens with zero attached hydrogens (tertiary/aromatic N) is 2. The van der Waals surface area contributed by atoms with Crippen molar-refractivity contribution in [2.75, 3.05) is 49.5 Å². The van der Waals surface area contributed by atoms with Crippen molar-refractivity contribution < 1.29 is 17.6 Å². The number of aryl methyl sites for hydroxylation is 1. The summed E-state index contributed by atoms with van der Waals surface area (Å²) in [5.74, 6) is -0.320. The average molecular weight is 463 g/mol. The van der Waals surface area contributed by atoms with Crippen LogP contribution in [0.15, 0.2) is 47.4 Å². The Balaban J connectivity index is 1.44. The number of anilines is 2. The van der Waals surface area contributed by atoms with Crippen LogP contribution in [0.3, 0.4) is 0 Å². The Kier molecular flexibility index (Phi) is 8.22. The van der Waals surface area contributed by atoms with Gasteiger partial charge in [-0.15, -0.1) is 0 Å². The summed E-state index contributed by atoms with van der Waals surface area (Å²) in [4.78, 5) is 16.0. The maximum Gasteiger partial charge on any atom is 0.240 e. The number of piperazine rings is 1. The molecule has 0 radical (unpaired) electrons. The number of para-hydroxylation sites is 1. The minimum Gasteiger partial charge on any atom is -0.367 e. The Bertz CT molecular complexity index is 1040. The molecule has 0 aliphatic carbocycles. The van der Waals surface area contributed by atoms with Crippen LogP contribution in [-0.4, -0.2) is 58.5 Å². The summed E-state index contributed by atoms with van der Waals surface area (Å²) >= 11 is 0. The molecular weight excluding hydrogens is 431 g/mol. The van der Waals surface area contributed by atoms with Crippen LogP contribution in [0.5, 0.6) is 0 Å². The number of carbonyl (C=O) groups is 1.